The van der Waals surface area contributed by atoms with Crippen molar-refractivity contribution in [3.8, 4) is 0 Å². The van der Waals surface area contributed by atoms with Gasteiger partial charge in [-0.05, 0) is 18.8 Å². The average molecular weight is 216 g/mol. The first-order valence-corrected chi connectivity index (χ1v) is 5.54. The molecule has 15 heavy (non-hydrogen) atoms. The van der Waals surface area contributed by atoms with Crippen LogP contribution < -0.4 is 0 Å². The van der Waals surface area contributed by atoms with Gasteiger partial charge in [0.15, 0.2) is 0 Å². The molecule has 88 valence electrons. The number of rotatable bonds is 5. The van der Waals surface area contributed by atoms with Crippen molar-refractivity contribution in [2.45, 2.75) is 45.3 Å². The van der Waals surface area contributed by atoms with Gasteiger partial charge in [0.1, 0.15) is 6.10 Å². The number of esters is 1. The molecule has 0 spiro atoms. The van der Waals surface area contributed by atoms with Crippen LogP contribution in [0.2, 0.25) is 0 Å². The van der Waals surface area contributed by atoms with E-state index in [4.69, 9.17) is 9.84 Å². The lowest BCUT2D eigenvalue weighted by Gasteiger charge is -2.15. The highest BCUT2D eigenvalue weighted by atomic mass is 16.6. The molecule has 1 saturated heterocycles. The summed E-state index contributed by atoms with van der Waals surface area (Å²) in [6, 6.07) is 0. The maximum Gasteiger partial charge on any atom is 0.312 e. The van der Waals surface area contributed by atoms with Crippen LogP contribution in [-0.2, 0) is 9.53 Å². The summed E-state index contributed by atoms with van der Waals surface area (Å²) in [4.78, 5) is 11.3. The van der Waals surface area contributed by atoms with Gasteiger partial charge in [-0.3, -0.25) is 4.79 Å². The van der Waals surface area contributed by atoms with E-state index in [0.29, 0.717) is 18.8 Å². The van der Waals surface area contributed by atoms with Crippen LogP contribution in [0.5, 0.6) is 0 Å². The van der Waals surface area contributed by atoms with E-state index in [-0.39, 0.29) is 12.6 Å². The maximum atomic E-state index is 11.3. The van der Waals surface area contributed by atoms with E-state index in [1.165, 1.54) is 0 Å². The Bertz CT molecular complexity index is 215. The molecule has 4 nitrogen and oxygen atoms in total. The second-order valence-corrected chi connectivity index (χ2v) is 4.62. The van der Waals surface area contributed by atoms with E-state index in [1.807, 2.05) is 0 Å². The lowest BCUT2D eigenvalue weighted by atomic mass is 9.93. The number of hydrogen-bond donors (Lipinski definition) is 2. The Kier molecular flexibility index (Phi) is 4.54. The van der Waals surface area contributed by atoms with E-state index in [2.05, 4.69) is 13.8 Å². The lowest BCUT2D eigenvalue weighted by molar-refractivity contribution is -0.147. The van der Waals surface area contributed by atoms with Gasteiger partial charge >= 0.3 is 5.97 Å². The molecule has 0 radical (unpaired) electrons. The smallest absolute Gasteiger partial charge is 0.312 e. The van der Waals surface area contributed by atoms with Crippen LogP contribution in [-0.4, -0.2) is 35.0 Å². The fourth-order valence-electron chi connectivity index (χ4n) is 1.81. The van der Waals surface area contributed by atoms with E-state index < -0.39 is 18.1 Å². The Morgan fingerprint density at radius 2 is 2.13 bits per heavy atom. The normalized spacial score (nSPS) is 28.2. The van der Waals surface area contributed by atoms with Crippen LogP contribution in [0, 0.1) is 11.8 Å². The van der Waals surface area contributed by atoms with Gasteiger partial charge in [0.2, 0.25) is 0 Å². The molecule has 1 aliphatic heterocycles. The standard InChI is InChI=1S/C11H20O4/c1-7(2)3-4-10(13)9-5-8(6-12)15-11(9)14/h7-10,12-13H,3-6H2,1-2H3/t8-,9-,10+/m1/s1. The summed E-state index contributed by atoms with van der Waals surface area (Å²) in [5, 5.41) is 18.6. The van der Waals surface area contributed by atoms with Crippen LogP contribution in [0.4, 0.5) is 0 Å². The molecule has 0 amide bonds. The van der Waals surface area contributed by atoms with Crippen LogP contribution in [0.1, 0.15) is 33.1 Å². The molecule has 0 aromatic carbocycles. The Hall–Kier alpha value is -0.610. The summed E-state index contributed by atoms with van der Waals surface area (Å²) in [5.74, 6) is -0.295. The molecule has 1 heterocycles. The zero-order valence-electron chi connectivity index (χ0n) is 9.35. The quantitative estimate of drug-likeness (QED) is 0.664. The Balaban J connectivity index is 2.39. The number of ether oxygens (including phenoxy) is 1. The minimum Gasteiger partial charge on any atom is -0.460 e. The van der Waals surface area contributed by atoms with Gasteiger partial charge in [-0.1, -0.05) is 13.8 Å². The first kappa shape index (κ1) is 12.5. The number of aliphatic hydroxyl groups is 2. The second kappa shape index (κ2) is 5.47. The minimum absolute atomic E-state index is 0.154. The molecule has 0 saturated carbocycles. The molecular formula is C11H20O4. The first-order chi connectivity index (χ1) is 7.04. The Morgan fingerprint density at radius 3 is 2.60 bits per heavy atom. The van der Waals surface area contributed by atoms with Crippen molar-refractivity contribution in [2.75, 3.05) is 6.61 Å². The van der Waals surface area contributed by atoms with Crippen molar-refractivity contribution in [2.24, 2.45) is 11.8 Å². The molecule has 2 N–H and O–H groups in total. The summed E-state index contributed by atoms with van der Waals surface area (Å²) >= 11 is 0. The van der Waals surface area contributed by atoms with E-state index in [9.17, 15) is 9.90 Å². The van der Waals surface area contributed by atoms with Gasteiger partial charge in [-0.25, -0.2) is 0 Å². The number of hydrogen-bond acceptors (Lipinski definition) is 4. The van der Waals surface area contributed by atoms with E-state index in [1.54, 1.807) is 0 Å². The summed E-state index contributed by atoms with van der Waals surface area (Å²) in [6.45, 7) is 4.01. The topological polar surface area (TPSA) is 66.8 Å². The zero-order chi connectivity index (χ0) is 11.4. The second-order valence-electron chi connectivity index (χ2n) is 4.62. The summed E-state index contributed by atoms with van der Waals surface area (Å²) in [7, 11) is 0. The molecule has 1 fully saturated rings. The van der Waals surface area contributed by atoms with E-state index in [0.717, 1.165) is 6.42 Å². The summed E-state index contributed by atoms with van der Waals surface area (Å²) in [6.07, 6.45) is 0.909. The van der Waals surface area contributed by atoms with Crippen LogP contribution in [0.15, 0.2) is 0 Å². The highest BCUT2D eigenvalue weighted by Gasteiger charge is 2.38. The predicted molar refractivity (Wildman–Crippen MR) is 55.2 cm³/mol. The molecule has 0 aromatic rings. The number of carbonyl (C=O) groups is 1. The van der Waals surface area contributed by atoms with Gasteiger partial charge in [-0.15, -0.1) is 0 Å². The highest BCUT2D eigenvalue weighted by Crippen LogP contribution is 2.26. The fraction of sp³-hybridized carbons (Fsp3) is 0.909. The van der Waals surface area contributed by atoms with Crippen molar-refractivity contribution in [3.05, 3.63) is 0 Å². The van der Waals surface area contributed by atoms with Crippen LogP contribution in [0.3, 0.4) is 0 Å². The fourth-order valence-corrected chi connectivity index (χ4v) is 1.81. The number of carbonyl (C=O) groups excluding carboxylic acids is 1. The number of aliphatic hydroxyl groups excluding tert-OH is 2. The van der Waals surface area contributed by atoms with Crippen LogP contribution >= 0.6 is 0 Å². The SMILES string of the molecule is CC(C)CC[C@H](O)[C@H]1C[C@H](CO)OC1=O. The third-order valence-electron chi connectivity index (χ3n) is 2.81. The Morgan fingerprint density at radius 1 is 1.47 bits per heavy atom. The van der Waals surface area contributed by atoms with Gasteiger partial charge in [0.25, 0.3) is 0 Å². The average Bonchev–Trinajstić information content (AvgIpc) is 2.56. The molecule has 0 unspecified atom stereocenters. The molecule has 0 aromatic heterocycles. The zero-order valence-corrected chi connectivity index (χ0v) is 9.35. The molecule has 0 aliphatic carbocycles. The first-order valence-electron chi connectivity index (χ1n) is 5.54. The molecule has 0 bridgehead atoms. The molecular weight excluding hydrogens is 196 g/mol. The predicted octanol–water partition coefficient (Wildman–Crippen LogP) is 0.707. The summed E-state index contributed by atoms with van der Waals surface area (Å²) in [5.41, 5.74) is 0. The maximum absolute atomic E-state index is 11.3. The molecule has 3 atom stereocenters. The van der Waals surface area contributed by atoms with Crippen LogP contribution in [0.25, 0.3) is 0 Å². The third-order valence-corrected chi connectivity index (χ3v) is 2.81. The van der Waals surface area contributed by atoms with Gasteiger partial charge < -0.3 is 14.9 Å². The highest BCUT2D eigenvalue weighted by molar-refractivity contribution is 5.75. The van der Waals surface area contributed by atoms with Gasteiger partial charge in [0.05, 0.1) is 18.6 Å². The molecule has 1 rings (SSSR count). The molecule has 1 aliphatic rings. The van der Waals surface area contributed by atoms with Gasteiger partial charge in [0, 0.05) is 6.42 Å². The number of cyclic esters (lactones) is 1. The lowest BCUT2D eigenvalue weighted by Crippen LogP contribution is -2.24. The monoisotopic (exact) mass is 216 g/mol. The Labute approximate surface area is 90.2 Å². The molecule has 4 heteroatoms. The van der Waals surface area contributed by atoms with E-state index >= 15 is 0 Å². The minimum atomic E-state index is -0.628. The van der Waals surface area contributed by atoms with Crippen molar-refractivity contribution in [1.82, 2.24) is 0 Å². The van der Waals surface area contributed by atoms with Crippen molar-refractivity contribution >= 4 is 5.97 Å². The van der Waals surface area contributed by atoms with Crippen molar-refractivity contribution in [3.63, 3.8) is 0 Å². The largest absolute Gasteiger partial charge is 0.460 e. The van der Waals surface area contributed by atoms with Gasteiger partial charge in [-0.2, -0.15) is 0 Å². The van der Waals surface area contributed by atoms with Crippen molar-refractivity contribution in [1.29, 1.82) is 0 Å². The van der Waals surface area contributed by atoms with Crippen molar-refractivity contribution < 1.29 is 19.7 Å². The third kappa shape index (κ3) is 3.47. The summed E-state index contributed by atoms with van der Waals surface area (Å²) < 4.78 is 4.90.